The van der Waals surface area contributed by atoms with E-state index < -0.39 is 27.4 Å². The van der Waals surface area contributed by atoms with Crippen LogP contribution in [-0.4, -0.2) is 37.3 Å². The van der Waals surface area contributed by atoms with Crippen molar-refractivity contribution in [3.05, 3.63) is 0 Å². The molecule has 0 saturated heterocycles. The molecular weight excluding hydrogens is 209 g/mol. The Balaban J connectivity index is 5.03. The number of hydrogen-bond acceptors (Lipinski definition) is 3. The number of rotatable bonds is 2. The van der Waals surface area contributed by atoms with Crippen molar-refractivity contribution in [3.8, 4) is 12.3 Å². The highest BCUT2D eigenvalue weighted by Gasteiger charge is 2.54. The fourth-order valence-electron chi connectivity index (χ4n) is 0.585. The molecular formula is C6H7F3O3S. The molecule has 3 nitrogen and oxygen atoms in total. The van der Waals surface area contributed by atoms with Crippen LogP contribution >= 0.6 is 0 Å². The monoisotopic (exact) mass is 216 g/mol. The molecule has 0 amide bonds. The molecule has 0 aliphatic heterocycles. The highest BCUT2D eigenvalue weighted by atomic mass is 32.2. The van der Waals surface area contributed by atoms with Gasteiger partial charge in [-0.2, -0.15) is 13.2 Å². The number of alkyl halides is 3. The van der Waals surface area contributed by atoms with Crippen LogP contribution in [0.3, 0.4) is 0 Å². The highest BCUT2D eigenvalue weighted by Crippen LogP contribution is 2.30. The third kappa shape index (κ3) is 3.24. The van der Waals surface area contributed by atoms with Crippen molar-refractivity contribution >= 4 is 9.84 Å². The minimum atomic E-state index is -5.15. The van der Waals surface area contributed by atoms with Crippen LogP contribution in [-0.2, 0) is 9.84 Å². The van der Waals surface area contributed by atoms with Crippen LogP contribution in [0.15, 0.2) is 0 Å². The predicted octanol–water partition coefficient (Wildman–Crippen LogP) is -0.0424. The van der Waals surface area contributed by atoms with Gasteiger partial charge in [0, 0.05) is 6.26 Å². The Bertz CT molecular complexity index is 324. The van der Waals surface area contributed by atoms with Crippen LogP contribution in [0.25, 0.3) is 0 Å². The Morgan fingerprint density at radius 3 is 1.92 bits per heavy atom. The summed E-state index contributed by atoms with van der Waals surface area (Å²) in [6.07, 6.45) is -0.175. The molecule has 0 rings (SSSR count). The second kappa shape index (κ2) is 3.20. The zero-order chi connectivity index (χ0) is 10.9. The summed E-state index contributed by atoms with van der Waals surface area (Å²) >= 11 is 0. The van der Waals surface area contributed by atoms with Crippen molar-refractivity contribution in [3.63, 3.8) is 0 Å². The SMILES string of the molecule is C#CC(O)(CS(C)(=O)=O)C(F)(F)F. The van der Waals surface area contributed by atoms with Gasteiger partial charge in [0.05, 0.1) is 5.75 Å². The summed E-state index contributed by atoms with van der Waals surface area (Å²) in [6, 6.07) is 0. The van der Waals surface area contributed by atoms with Gasteiger partial charge < -0.3 is 5.11 Å². The van der Waals surface area contributed by atoms with Crippen LogP contribution in [0.5, 0.6) is 0 Å². The fraction of sp³-hybridized carbons (Fsp3) is 0.667. The Kier molecular flexibility index (Phi) is 3.01. The van der Waals surface area contributed by atoms with Gasteiger partial charge in [0.15, 0.2) is 9.84 Å². The summed E-state index contributed by atoms with van der Waals surface area (Å²) in [7, 11) is -3.99. The average molecular weight is 216 g/mol. The Hall–Kier alpha value is -0.740. The maximum atomic E-state index is 12.0. The molecule has 0 aromatic carbocycles. The first kappa shape index (κ1) is 12.3. The number of aliphatic hydroxyl groups is 1. The second-order valence-electron chi connectivity index (χ2n) is 2.57. The molecule has 0 saturated carbocycles. The van der Waals surface area contributed by atoms with E-state index >= 15 is 0 Å². The van der Waals surface area contributed by atoms with Crippen molar-refractivity contribution in [1.82, 2.24) is 0 Å². The zero-order valence-electron chi connectivity index (χ0n) is 6.59. The predicted molar refractivity (Wildman–Crippen MR) is 39.5 cm³/mol. The number of terminal acetylenes is 1. The summed E-state index contributed by atoms with van der Waals surface area (Å²) in [5.74, 6) is -0.501. The lowest BCUT2D eigenvalue weighted by molar-refractivity contribution is -0.226. The van der Waals surface area contributed by atoms with Gasteiger partial charge in [-0.3, -0.25) is 0 Å². The first-order valence-corrected chi connectivity index (χ1v) is 5.02. The molecule has 0 fully saturated rings. The summed E-state index contributed by atoms with van der Waals surface area (Å²) in [5, 5.41) is 8.75. The van der Waals surface area contributed by atoms with E-state index in [0.717, 1.165) is 5.92 Å². The second-order valence-corrected chi connectivity index (χ2v) is 4.71. The fourth-order valence-corrected chi connectivity index (χ4v) is 1.59. The maximum Gasteiger partial charge on any atom is 0.429 e. The van der Waals surface area contributed by atoms with Crippen molar-refractivity contribution in [2.75, 3.05) is 12.0 Å². The standard InChI is InChI=1S/C6H7F3O3S/c1-3-5(10,6(7,8)9)4-13(2,11)12/h1,10H,4H2,2H3. The van der Waals surface area contributed by atoms with Gasteiger partial charge in [-0.15, -0.1) is 6.42 Å². The molecule has 7 heteroatoms. The number of halogens is 3. The van der Waals surface area contributed by atoms with Crippen LogP contribution in [0.1, 0.15) is 0 Å². The molecule has 76 valence electrons. The molecule has 0 bridgehead atoms. The van der Waals surface area contributed by atoms with Crippen molar-refractivity contribution in [2.45, 2.75) is 11.8 Å². The summed E-state index contributed by atoms with van der Waals surface area (Å²) < 4.78 is 56.9. The van der Waals surface area contributed by atoms with Gasteiger partial charge in [-0.1, -0.05) is 5.92 Å². The van der Waals surface area contributed by atoms with Crippen LogP contribution < -0.4 is 0 Å². The summed E-state index contributed by atoms with van der Waals surface area (Å²) in [4.78, 5) is 0. The van der Waals surface area contributed by atoms with E-state index in [1.54, 1.807) is 0 Å². The van der Waals surface area contributed by atoms with E-state index in [2.05, 4.69) is 6.42 Å². The first-order chi connectivity index (χ1) is 5.52. The van der Waals surface area contributed by atoms with Crippen LogP contribution in [0.4, 0.5) is 13.2 Å². The zero-order valence-corrected chi connectivity index (χ0v) is 7.41. The topological polar surface area (TPSA) is 54.4 Å². The highest BCUT2D eigenvalue weighted by molar-refractivity contribution is 7.90. The minimum absolute atomic E-state index is 0.557. The molecule has 1 unspecified atom stereocenters. The molecule has 1 N–H and O–H groups in total. The van der Waals surface area contributed by atoms with Gasteiger partial charge >= 0.3 is 6.18 Å². The maximum absolute atomic E-state index is 12.0. The van der Waals surface area contributed by atoms with E-state index in [-0.39, 0.29) is 0 Å². The van der Waals surface area contributed by atoms with Crippen LogP contribution in [0.2, 0.25) is 0 Å². The number of sulfone groups is 1. The van der Waals surface area contributed by atoms with Crippen molar-refractivity contribution < 1.29 is 26.7 Å². The van der Waals surface area contributed by atoms with Gasteiger partial charge in [-0.05, 0) is 0 Å². The molecule has 0 aromatic heterocycles. The van der Waals surface area contributed by atoms with Crippen molar-refractivity contribution in [1.29, 1.82) is 0 Å². The molecule has 0 aliphatic rings. The van der Waals surface area contributed by atoms with Gasteiger partial charge in [-0.25, -0.2) is 8.42 Å². The molecule has 0 heterocycles. The largest absolute Gasteiger partial charge is 0.429 e. The van der Waals surface area contributed by atoms with E-state index in [4.69, 9.17) is 5.11 Å². The minimum Gasteiger partial charge on any atom is -0.369 e. The third-order valence-corrected chi connectivity index (χ3v) is 2.12. The summed E-state index contributed by atoms with van der Waals surface area (Å²) in [5.41, 5.74) is -3.60. The molecule has 0 radical (unpaired) electrons. The van der Waals surface area contributed by atoms with E-state index in [9.17, 15) is 21.6 Å². The normalized spacial score (nSPS) is 17.5. The first-order valence-electron chi connectivity index (χ1n) is 2.96. The lowest BCUT2D eigenvalue weighted by atomic mass is 10.1. The van der Waals surface area contributed by atoms with Crippen molar-refractivity contribution in [2.24, 2.45) is 0 Å². The molecule has 13 heavy (non-hydrogen) atoms. The van der Waals surface area contributed by atoms with Gasteiger partial charge in [0.2, 0.25) is 5.60 Å². The molecule has 0 aliphatic carbocycles. The van der Waals surface area contributed by atoms with E-state index in [1.165, 1.54) is 0 Å². The third-order valence-electron chi connectivity index (χ3n) is 1.18. The smallest absolute Gasteiger partial charge is 0.369 e. The average Bonchev–Trinajstić information content (AvgIpc) is 1.81. The van der Waals surface area contributed by atoms with Crippen LogP contribution in [0, 0.1) is 12.3 Å². The Morgan fingerprint density at radius 2 is 1.85 bits per heavy atom. The Morgan fingerprint density at radius 1 is 1.46 bits per heavy atom. The lowest BCUT2D eigenvalue weighted by Gasteiger charge is -2.23. The van der Waals surface area contributed by atoms with E-state index in [0.29, 0.717) is 6.26 Å². The molecule has 1 atom stereocenters. The number of hydrogen-bond donors (Lipinski definition) is 1. The lowest BCUT2D eigenvalue weighted by Crippen LogP contribution is -2.49. The molecule has 0 aromatic rings. The Labute approximate surface area is 73.5 Å². The quantitative estimate of drug-likeness (QED) is 0.659. The van der Waals surface area contributed by atoms with Gasteiger partial charge in [0.1, 0.15) is 0 Å². The van der Waals surface area contributed by atoms with E-state index in [1.807, 2.05) is 0 Å². The summed E-state index contributed by atoms with van der Waals surface area (Å²) in [6.45, 7) is 0. The van der Waals surface area contributed by atoms with Gasteiger partial charge in [0.25, 0.3) is 0 Å². The molecule has 0 spiro atoms.